The standard InChI is InChI=1S/C11H19NO5/c1-11(2,3)17-10(15)12-6-5-7(16-4)8(12)9(13)14/h7-8H,5-6H2,1-4H3,(H,13,14)/t7?,8-/m0/s1. The van der Waals surface area contributed by atoms with Crippen molar-refractivity contribution >= 4 is 12.1 Å². The van der Waals surface area contributed by atoms with Crippen molar-refractivity contribution in [2.75, 3.05) is 13.7 Å². The van der Waals surface area contributed by atoms with Crippen LogP contribution in [-0.4, -0.2) is 53.5 Å². The molecule has 0 bridgehead atoms. The van der Waals surface area contributed by atoms with Crippen LogP contribution in [0.2, 0.25) is 0 Å². The SMILES string of the molecule is COC1CCN(C(=O)OC(C)(C)C)[C@@H]1C(=O)O. The van der Waals surface area contributed by atoms with Crippen LogP contribution in [0.15, 0.2) is 0 Å². The van der Waals surface area contributed by atoms with Gasteiger partial charge in [-0.05, 0) is 27.2 Å². The van der Waals surface area contributed by atoms with Crippen molar-refractivity contribution in [3.05, 3.63) is 0 Å². The van der Waals surface area contributed by atoms with Crippen LogP contribution in [0.3, 0.4) is 0 Å². The van der Waals surface area contributed by atoms with Crippen LogP contribution in [0.25, 0.3) is 0 Å². The van der Waals surface area contributed by atoms with Gasteiger partial charge in [0.05, 0.1) is 6.10 Å². The van der Waals surface area contributed by atoms with E-state index in [1.54, 1.807) is 20.8 Å². The molecule has 0 aliphatic carbocycles. The first-order valence-corrected chi connectivity index (χ1v) is 5.51. The highest BCUT2D eigenvalue weighted by Gasteiger charge is 2.43. The summed E-state index contributed by atoms with van der Waals surface area (Å²) in [6.45, 7) is 5.56. The molecule has 2 atom stereocenters. The van der Waals surface area contributed by atoms with Crippen LogP contribution in [0.1, 0.15) is 27.2 Å². The minimum atomic E-state index is -1.07. The van der Waals surface area contributed by atoms with E-state index in [9.17, 15) is 9.59 Å². The molecule has 0 aromatic rings. The van der Waals surface area contributed by atoms with Gasteiger partial charge in [0, 0.05) is 13.7 Å². The Balaban J connectivity index is 2.76. The molecule has 1 N–H and O–H groups in total. The van der Waals surface area contributed by atoms with Crippen LogP contribution in [0.5, 0.6) is 0 Å². The quantitative estimate of drug-likeness (QED) is 0.788. The third-order valence-electron chi connectivity index (χ3n) is 2.53. The highest BCUT2D eigenvalue weighted by Crippen LogP contribution is 2.23. The number of carboxylic acids is 1. The van der Waals surface area contributed by atoms with Crippen LogP contribution in [0, 0.1) is 0 Å². The molecule has 0 aromatic carbocycles. The molecular weight excluding hydrogens is 226 g/mol. The number of carbonyl (C=O) groups excluding carboxylic acids is 1. The summed E-state index contributed by atoms with van der Waals surface area (Å²) in [5.74, 6) is -1.07. The zero-order valence-corrected chi connectivity index (χ0v) is 10.6. The maximum absolute atomic E-state index is 11.8. The van der Waals surface area contributed by atoms with Crippen molar-refractivity contribution < 1.29 is 24.2 Å². The molecule has 1 heterocycles. The van der Waals surface area contributed by atoms with Crippen molar-refractivity contribution in [3.63, 3.8) is 0 Å². The van der Waals surface area contributed by atoms with E-state index in [0.29, 0.717) is 13.0 Å². The molecule has 1 fully saturated rings. The number of amides is 1. The first-order valence-electron chi connectivity index (χ1n) is 5.51. The summed E-state index contributed by atoms with van der Waals surface area (Å²) in [5.41, 5.74) is -0.634. The molecular formula is C11H19NO5. The zero-order valence-electron chi connectivity index (χ0n) is 10.6. The minimum absolute atomic E-state index is 0.338. The number of rotatable bonds is 2. The lowest BCUT2D eigenvalue weighted by atomic mass is 10.2. The number of carboxylic acid groups (broad SMARTS) is 1. The van der Waals surface area contributed by atoms with E-state index in [0.717, 1.165) is 0 Å². The van der Waals surface area contributed by atoms with Gasteiger partial charge in [0.1, 0.15) is 5.60 Å². The largest absolute Gasteiger partial charge is 0.480 e. The van der Waals surface area contributed by atoms with Gasteiger partial charge in [-0.15, -0.1) is 0 Å². The molecule has 6 nitrogen and oxygen atoms in total. The number of aliphatic carboxylic acids is 1. The fourth-order valence-electron chi connectivity index (χ4n) is 1.83. The first-order chi connectivity index (χ1) is 7.76. The summed E-state index contributed by atoms with van der Waals surface area (Å²) in [6, 6.07) is -0.963. The summed E-state index contributed by atoms with van der Waals surface area (Å²) in [6.07, 6.45) is -0.573. The van der Waals surface area contributed by atoms with Gasteiger partial charge in [-0.1, -0.05) is 0 Å². The predicted octanol–water partition coefficient (Wildman–Crippen LogP) is 1.10. The van der Waals surface area contributed by atoms with Crippen molar-refractivity contribution in [1.82, 2.24) is 4.90 Å². The summed E-state index contributed by atoms with van der Waals surface area (Å²) in [4.78, 5) is 24.2. The van der Waals surface area contributed by atoms with Crippen molar-refractivity contribution in [2.45, 2.75) is 44.9 Å². The molecule has 0 radical (unpaired) electrons. The predicted molar refractivity (Wildman–Crippen MR) is 59.8 cm³/mol. The molecule has 1 amide bonds. The van der Waals surface area contributed by atoms with Crippen LogP contribution >= 0.6 is 0 Å². The molecule has 17 heavy (non-hydrogen) atoms. The Bertz CT molecular complexity index is 309. The number of nitrogens with zero attached hydrogens (tertiary/aromatic N) is 1. The number of ether oxygens (including phenoxy) is 2. The summed E-state index contributed by atoms with van der Waals surface area (Å²) < 4.78 is 10.2. The molecule has 1 rings (SSSR count). The maximum atomic E-state index is 11.8. The summed E-state index contributed by atoms with van der Waals surface area (Å²) >= 11 is 0. The minimum Gasteiger partial charge on any atom is -0.480 e. The van der Waals surface area contributed by atoms with Crippen molar-refractivity contribution in [3.8, 4) is 0 Å². The molecule has 98 valence electrons. The van der Waals surface area contributed by atoms with Gasteiger partial charge in [0.2, 0.25) is 0 Å². The summed E-state index contributed by atoms with van der Waals surface area (Å²) in [5, 5.41) is 9.10. The van der Waals surface area contributed by atoms with Gasteiger partial charge in [-0.2, -0.15) is 0 Å². The summed E-state index contributed by atoms with van der Waals surface area (Å²) in [7, 11) is 1.44. The van der Waals surface area contributed by atoms with Gasteiger partial charge >= 0.3 is 12.1 Å². The second-order valence-electron chi connectivity index (χ2n) is 5.02. The Morgan fingerprint density at radius 1 is 1.35 bits per heavy atom. The number of likely N-dealkylation sites (tertiary alicyclic amines) is 1. The topological polar surface area (TPSA) is 76.1 Å². The van der Waals surface area contributed by atoms with E-state index in [4.69, 9.17) is 14.6 Å². The second kappa shape index (κ2) is 4.91. The maximum Gasteiger partial charge on any atom is 0.411 e. The van der Waals surface area contributed by atoms with E-state index < -0.39 is 29.8 Å². The fourth-order valence-corrected chi connectivity index (χ4v) is 1.83. The van der Waals surface area contributed by atoms with Crippen molar-refractivity contribution in [1.29, 1.82) is 0 Å². The molecule has 0 saturated carbocycles. The molecule has 1 aliphatic heterocycles. The number of carbonyl (C=O) groups is 2. The monoisotopic (exact) mass is 245 g/mol. The number of hydrogen-bond donors (Lipinski definition) is 1. The lowest BCUT2D eigenvalue weighted by molar-refractivity contribution is -0.145. The van der Waals surface area contributed by atoms with Gasteiger partial charge < -0.3 is 14.6 Å². The third kappa shape index (κ3) is 3.33. The van der Waals surface area contributed by atoms with Crippen LogP contribution in [0.4, 0.5) is 4.79 Å². The molecule has 6 heteroatoms. The van der Waals surface area contributed by atoms with E-state index in [2.05, 4.69) is 0 Å². The van der Waals surface area contributed by atoms with Crippen molar-refractivity contribution in [2.24, 2.45) is 0 Å². The Hall–Kier alpha value is -1.30. The van der Waals surface area contributed by atoms with Gasteiger partial charge in [0.15, 0.2) is 6.04 Å². The van der Waals surface area contributed by atoms with Gasteiger partial charge in [-0.25, -0.2) is 9.59 Å². The van der Waals surface area contributed by atoms with E-state index >= 15 is 0 Å². The number of hydrogen-bond acceptors (Lipinski definition) is 4. The second-order valence-corrected chi connectivity index (χ2v) is 5.02. The number of methoxy groups -OCH3 is 1. The molecule has 0 aromatic heterocycles. The molecule has 1 unspecified atom stereocenters. The Labute approximate surface area is 100 Å². The van der Waals surface area contributed by atoms with E-state index in [1.807, 2.05) is 0 Å². The lowest BCUT2D eigenvalue weighted by Gasteiger charge is -2.27. The van der Waals surface area contributed by atoms with E-state index in [1.165, 1.54) is 12.0 Å². The lowest BCUT2D eigenvalue weighted by Crippen LogP contribution is -2.47. The highest BCUT2D eigenvalue weighted by atomic mass is 16.6. The highest BCUT2D eigenvalue weighted by molar-refractivity contribution is 5.81. The van der Waals surface area contributed by atoms with Gasteiger partial charge in [0.25, 0.3) is 0 Å². The van der Waals surface area contributed by atoms with E-state index in [-0.39, 0.29) is 0 Å². The fraction of sp³-hybridized carbons (Fsp3) is 0.818. The smallest absolute Gasteiger partial charge is 0.411 e. The average Bonchev–Trinajstić information content (AvgIpc) is 2.57. The molecule has 1 saturated heterocycles. The molecule has 1 aliphatic rings. The average molecular weight is 245 g/mol. The van der Waals surface area contributed by atoms with Crippen LogP contribution in [-0.2, 0) is 14.3 Å². The Morgan fingerprint density at radius 3 is 2.35 bits per heavy atom. The first kappa shape index (κ1) is 13.8. The van der Waals surface area contributed by atoms with Crippen LogP contribution < -0.4 is 0 Å². The molecule has 0 spiro atoms. The Kier molecular flexibility index (Phi) is 3.98. The Morgan fingerprint density at radius 2 is 1.94 bits per heavy atom. The normalized spacial score (nSPS) is 24.8. The van der Waals surface area contributed by atoms with Gasteiger partial charge in [-0.3, -0.25) is 4.90 Å². The third-order valence-corrected chi connectivity index (χ3v) is 2.53. The zero-order chi connectivity index (χ0) is 13.2.